The third-order valence-corrected chi connectivity index (χ3v) is 3.90. The van der Waals surface area contributed by atoms with E-state index in [1.54, 1.807) is 0 Å². The quantitative estimate of drug-likeness (QED) is 0.786. The van der Waals surface area contributed by atoms with Gasteiger partial charge in [0.1, 0.15) is 0 Å². The summed E-state index contributed by atoms with van der Waals surface area (Å²) in [5.74, 6) is 1.94. The molecule has 0 aliphatic carbocycles. The molecule has 1 heterocycles. The summed E-state index contributed by atoms with van der Waals surface area (Å²) < 4.78 is 0. The molecule has 0 amide bonds. The Morgan fingerprint density at radius 2 is 1.87 bits per heavy atom. The topological polar surface area (TPSA) is 12.0 Å². The monoisotopic (exact) mass is 221 g/mol. The predicted octanol–water partition coefficient (Wildman–Crippen LogP) is 3.27. The summed E-state index contributed by atoms with van der Waals surface area (Å²) in [5, 5.41) is 3.41. The van der Waals surface area contributed by atoms with Gasteiger partial charge in [-0.2, -0.15) is 0 Å². The van der Waals surface area contributed by atoms with Crippen molar-refractivity contribution in [3.05, 3.63) is 29.8 Å². The molecule has 1 aromatic rings. The van der Waals surface area contributed by atoms with Gasteiger partial charge >= 0.3 is 0 Å². The van der Waals surface area contributed by atoms with Gasteiger partial charge in [0.2, 0.25) is 0 Å². The lowest BCUT2D eigenvalue weighted by Crippen LogP contribution is -2.26. The lowest BCUT2D eigenvalue weighted by molar-refractivity contribution is 0.460. The molecule has 2 rings (SSSR count). The summed E-state index contributed by atoms with van der Waals surface area (Å²) in [5.41, 5.74) is 1.52. The third kappa shape index (κ3) is 2.99. The maximum atomic E-state index is 3.41. The number of rotatable bonds is 3. The van der Waals surface area contributed by atoms with Crippen LogP contribution in [-0.4, -0.2) is 18.8 Å². The molecule has 15 heavy (non-hydrogen) atoms. The van der Waals surface area contributed by atoms with Gasteiger partial charge in [-0.15, -0.1) is 11.8 Å². The lowest BCUT2D eigenvalue weighted by atomic mass is 9.90. The van der Waals surface area contributed by atoms with E-state index in [4.69, 9.17) is 0 Å². The average molecular weight is 221 g/mol. The SMILES string of the molecule is CCSc1ccc(C2CCNCC2)cc1. The zero-order valence-electron chi connectivity index (χ0n) is 9.33. The molecular formula is C13H19NS. The van der Waals surface area contributed by atoms with E-state index in [0.29, 0.717) is 0 Å². The summed E-state index contributed by atoms with van der Waals surface area (Å²) in [4.78, 5) is 1.40. The number of hydrogen-bond donors (Lipinski definition) is 1. The molecule has 1 aromatic carbocycles. The van der Waals surface area contributed by atoms with Gasteiger partial charge in [0.15, 0.2) is 0 Å². The standard InChI is InChI=1S/C13H19NS/c1-2-15-13-5-3-11(4-6-13)12-7-9-14-10-8-12/h3-6,12,14H,2,7-10H2,1H3. The van der Waals surface area contributed by atoms with Crippen molar-refractivity contribution in [3.63, 3.8) is 0 Å². The smallest absolute Gasteiger partial charge is 0.00720 e. The Hall–Kier alpha value is -0.470. The first-order chi connectivity index (χ1) is 7.40. The minimum atomic E-state index is 0.784. The van der Waals surface area contributed by atoms with E-state index in [2.05, 4.69) is 36.5 Å². The fourth-order valence-corrected chi connectivity index (χ4v) is 2.82. The van der Waals surface area contributed by atoms with Gasteiger partial charge < -0.3 is 5.32 Å². The number of nitrogens with one attached hydrogen (secondary N) is 1. The Kier molecular flexibility index (Phi) is 4.09. The van der Waals surface area contributed by atoms with E-state index in [-0.39, 0.29) is 0 Å². The number of piperidine rings is 1. The Balaban J connectivity index is 2.02. The molecule has 0 spiro atoms. The normalized spacial score (nSPS) is 17.9. The fraction of sp³-hybridized carbons (Fsp3) is 0.538. The molecule has 0 bridgehead atoms. The lowest BCUT2D eigenvalue weighted by Gasteiger charge is -2.23. The first-order valence-electron chi connectivity index (χ1n) is 5.83. The van der Waals surface area contributed by atoms with E-state index in [0.717, 1.165) is 11.7 Å². The second-order valence-corrected chi connectivity index (χ2v) is 5.36. The summed E-state index contributed by atoms with van der Waals surface area (Å²) in [6.45, 7) is 4.55. The molecule has 82 valence electrons. The van der Waals surface area contributed by atoms with Gasteiger partial charge in [-0.25, -0.2) is 0 Å². The Morgan fingerprint density at radius 3 is 2.47 bits per heavy atom. The fourth-order valence-electron chi connectivity index (χ4n) is 2.16. The highest BCUT2D eigenvalue weighted by Crippen LogP contribution is 2.27. The minimum Gasteiger partial charge on any atom is -0.317 e. The van der Waals surface area contributed by atoms with E-state index in [9.17, 15) is 0 Å². The first kappa shape index (κ1) is 11.0. The van der Waals surface area contributed by atoms with Crippen LogP contribution in [0, 0.1) is 0 Å². The van der Waals surface area contributed by atoms with Crippen LogP contribution in [0.3, 0.4) is 0 Å². The van der Waals surface area contributed by atoms with Crippen LogP contribution in [0.1, 0.15) is 31.2 Å². The molecule has 0 aromatic heterocycles. The van der Waals surface area contributed by atoms with E-state index in [1.165, 1.54) is 36.4 Å². The van der Waals surface area contributed by atoms with Crippen molar-refractivity contribution >= 4 is 11.8 Å². The predicted molar refractivity (Wildman–Crippen MR) is 67.7 cm³/mol. The van der Waals surface area contributed by atoms with Crippen molar-refractivity contribution in [3.8, 4) is 0 Å². The molecular weight excluding hydrogens is 202 g/mol. The average Bonchev–Trinajstić information content (AvgIpc) is 2.32. The Labute approximate surface area is 96.7 Å². The zero-order valence-corrected chi connectivity index (χ0v) is 10.1. The molecule has 1 aliphatic heterocycles. The summed E-state index contributed by atoms with van der Waals surface area (Å²) in [7, 11) is 0. The van der Waals surface area contributed by atoms with Crippen LogP contribution in [0.2, 0.25) is 0 Å². The van der Waals surface area contributed by atoms with Crippen LogP contribution >= 0.6 is 11.8 Å². The second kappa shape index (κ2) is 5.57. The molecule has 0 atom stereocenters. The molecule has 0 saturated carbocycles. The van der Waals surface area contributed by atoms with Gasteiger partial charge in [0.25, 0.3) is 0 Å². The van der Waals surface area contributed by atoms with Crippen molar-refractivity contribution in [2.24, 2.45) is 0 Å². The second-order valence-electron chi connectivity index (χ2n) is 4.03. The number of hydrogen-bond acceptors (Lipinski definition) is 2. The highest BCUT2D eigenvalue weighted by molar-refractivity contribution is 7.99. The van der Waals surface area contributed by atoms with Gasteiger partial charge in [-0.3, -0.25) is 0 Å². The van der Waals surface area contributed by atoms with Gasteiger partial charge in [-0.05, 0) is 55.3 Å². The highest BCUT2D eigenvalue weighted by Gasteiger charge is 2.14. The first-order valence-corrected chi connectivity index (χ1v) is 6.82. The van der Waals surface area contributed by atoms with Crippen LogP contribution < -0.4 is 5.32 Å². The molecule has 0 radical (unpaired) electrons. The van der Waals surface area contributed by atoms with Crippen LogP contribution in [0.5, 0.6) is 0 Å². The largest absolute Gasteiger partial charge is 0.317 e. The molecule has 1 aliphatic rings. The molecule has 1 nitrogen and oxygen atoms in total. The third-order valence-electron chi connectivity index (χ3n) is 3.00. The van der Waals surface area contributed by atoms with E-state index < -0.39 is 0 Å². The summed E-state index contributed by atoms with van der Waals surface area (Å²) >= 11 is 1.92. The minimum absolute atomic E-state index is 0.784. The zero-order chi connectivity index (χ0) is 10.5. The molecule has 1 N–H and O–H groups in total. The Bertz CT molecular complexity index is 288. The van der Waals surface area contributed by atoms with Gasteiger partial charge in [0.05, 0.1) is 0 Å². The van der Waals surface area contributed by atoms with Crippen molar-refractivity contribution in [2.75, 3.05) is 18.8 Å². The van der Waals surface area contributed by atoms with Crippen molar-refractivity contribution in [1.82, 2.24) is 5.32 Å². The highest BCUT2D eigenvalue weighted by atomic mass is 32.2. The number of benzene rings is 1. The Morgan fingerprint density at radius 1 is 1.20 bits per heavy atom. The van der Waals surface area contributed by atoms with Crippen LogP contribution in [0.25, 0.3) is 0 Å². The molecule has 1 saturated heterocycles. The maximum absolute atomic E-state index is 3.41. The van der Waals surface area contributed by atoms with Crippen molar-refractivity contribution in [1.29, 1.82) is 0 Å². The number of thioether (sulfide) groups is 1. The molecule has 0 unspecified atom stereocenters. The summed E-state index contributed by atoms with van der Waals surface area (Å²) in [6.07, 6.45) is 2.58. The van der Waals surface area contributed by atoms with E-state index >= 15 is 0 Å². The van der Waals surface area contributed by atoms with Crippen molar-refractivity contribution < 1.29 is 0 Å². The maximum Gasteiger partial charge on any atom is 0.00720 e. The molecule has 1 fully saturated rings. The van der Waals surface area contributed by atoms with Crippen LogP contribution in [-0.2, 0) is 0 Å². The van der Waals surface area contributed by atoms with Gasteiger partial charge in [-0.1, -0.05) is 19.1 Å². The summed E-state index contributed by atoms with van der Waals surface area (Å²) in [6, 6.07) is 9.17. The van der Waals surface area contributed by atoms with Crippen LogP contribution in [0.4, 0.5) is 0 Å². The molecule has 2 heteroatoms. The van der Waals surface area contributed by atoms with Crippen molar-refractivity contribution in [2.45, 2.75) is 30.6 Å². The van der Waals surface area contributed by atoms with E-state index in [1.807, 2.05) is 11.8 Å². The van der Waals surface area contributed by atoms with Gasteiger partial charge in [0, 0.05) is 4.90 Å². The van der Waals surface area contributed by atoms with Crippen LogP contribution in [0.15, 0.2) is 29.2 Å².